The molecule has 1 aromatic carbocycles. The Morgan fingerprint density at radius 1 is 1.27 bits per heavy atom. The fraction of sp³-hybridized carbons (Fsp3) is 0.412. The second-order valence-corrected chi connectivity index (χ2v) is 7.50. The molecule has 1 saturated heterocycles. The number of nitrogens with one attached hydrogen (secondary N) is 2. The lowest BCUT2D eigenvalue weighted by atomic mass is 10.2. The summed E-state index contributed by atoms with van der Waals surface area (Å²) in [5.74, 6) is -0.0707. The minimum atomic E-state index is -0.0707. The number of amides is 1. The Kier molecular flexibility index (Phi) is 8.97. The van der Waals surface area contributed by atoms with Crippen molar-refractivity contribution >= 4 is 38.3 Å². The molecule has 2 heterocycles. The summed E-state index contributed by atoms with van der Waals surface area (Å²) in [6.07, 6.45) is 0. The van der Waals surface area contributed by atoms with Crippen LogP contribution in [0.3, 0.4) is 0 Å². The molecular formula is C17H21BrClN4O2S-. The van der Waals surface area contributed by atoms with Gasteiger partial charge in [0.15, 0.2) is 5.13 Å². The van der Waals surface area contributed by atoms with E-state index in [-0.39, 0.29) is 24.9 Å². The minimum absolute atomic E-state index is 0. The predicted molar refractivity (Wildman–Crippen MR) is 104 cm³/mol. The van der Waals surface area contributed by atoms with Gasteiger partial charge in [-0.25, -0.2) is 4.98 Å². The van der Waals surface area contributed by atoms with Crippen molar-refractivity contribution in [1.29, 1.82) is 0 Å². The number of morpholine rings is 1. The van der Waals surface area contributed by atoms with Crippen molar-refractivity contribution in [3.63, 3.8) is 0 Å². The SMILES string of the molecule is O=C(CNCCN1CCOCC1)Nc1nc(-c2ccc(Br)cc2)cs1.[Cl-]. The number of halogens is 2. The molecular weight excluding hydrogens is 440 g/mol. The van der Waals surface area contributed by atoms with E-state index < -0.39 is 0 Å². The van der Waals surface area contributed by atoms with Gasteiger partial charge < -0.3 is 27.8 Å². The second kappa shape index (κ2) is 11.0. The van der Waals surface area contributed by atoms with Crippen LogP contribution in [0, 0.1) is 0 Å². The molecule has 0 bridgehead atoms. The smallest absolute Gasteiger partial charge is 0.240 e. The van der Waals surface area contributed by atoms with E-state index in [1.165, 1.54) is 11.3 Å². The molecule has 1 aliphatic heterocycles. The van der Waals surface area contributed by atoms with Crippen LogP contribution in [-0.4, -0.2) is 61.7 Å². The zero-order valence-corrected chi connectivity index (χ0v) is 17.4. The fourth-order valence-electron chi connectivity index (χ4n) is 2.51. The number of anilines is 1. The molecule has 26 heavy (non-hydrogen) atoms. The summed E-state index contributed by atoms with van der Waals surface area (Å²) in [6, 6.07) is 7.95. The van der Waals surface area contributed by atoms with Gasteiger partial charge in [0.2, 0.25) is 5.91 Å². The van der Waals surface area contributed by atoms with Crippen molar-refractivity contribution in [2.45, 2.75) is 0 Å². The average Bonchev–Trinajstić information content (AvgIpc) is 3.09. The normalized spacial score (nSPS) is 14.7. The molecule has 1 amide bonds. The number of nitrogens with zero attached hydrogens (tertiary/aromatic N) is 2. The highest BCUT2D eigenvalue weighted by atomic mass is 79.9. The van der Waals surface area contributed by atoms with Gasteiger partial charge in [-0.3, -0.25) is 9.69 Å². The third-order valence-electron chi connectivity index (χ3n) is 3.88. The Morgan fingerprint density at radius 2 is 2.00 bits per heavy atom. The molecule has 142 valence electrons. The molecule has 6 nitrogen and oxygen atoms in total. The Hall–Kier alpha value is -1.03. The summed E-state index contributed by atoms with van der Waals surface area (Å²) < 4.78 is 6.35. The van der Waals surface area contributed by atoms with E-state index in [1.807, 2.05) is 29.6 Å². The van der Waals surface area contributed by atoms with Gasteiger partial charge in [-0.05, 0) is 12.1 Å². The standard InChI is InChI=1S/C17H21BrN4O2S.ClH/c18-14-3-1-13(2-4-14)15-12-25-17(20-15)21-16(23)11-19-5-6-22-7-9-24-10-8-22;/h1-4,12,19H,5-11H2,(H,20,21,23);1H/p-1. The van der Waals surface area contributed by atoms with Gasteiger partial charge in [0, 0.05) is 41.6 Å². The molecule has 2 N–H and O–H groups in total. The van der Waals surface area contributed by atoms with Crippen LogP contribution in [0.15, 0.2) is 34.1 Å². The van der Waals surface area contributed by atoms with Gasteiger partial charge in [0.25, 0.3) is 0 Å². The van der Waals surface area contributed by atoms with Crippen LogP contribution >= 0.6 is 27.3 Å². The number of hydrogen-bond acceptors (Lipinski definition) is 6. The number of aromatic nitrogens is 1. The quantitative estimate of drug-likeness (QED) is 0.542. The van der Waals surface area contributed by atoms with Crippen molar-refractivity contribution in [3.05, 3.63) is 34.1 Å². The summed E-state index contributed by atoms with van der Waals surface area (Å²) >= 11 is 4.85. The highest BCUT2D eigenvalue weighted by molar-refractivity contribution is 9.10. The first kappa shape index (κ1) is 21.3. The number of carbonyl (C=O) groups excluding carboxylic acids is 1. The molecule has 3 rings (SSSR count). The van der Waals surface area contributed by atoms with Gasteiger partial charge in [0.1, 0.15) is 0 Å². The number of benzene rings is 1. The third-order valence-corrected chi connectivity index (χ3v) is 5.17. The fourth-order valence-corrected chi connectivity index (χ4v) is 3.51. The third kappa shape index (κ3) is 6.61. The second-order valence-electron chi connectivity index (χ2n) is 5.72. The number of hydrogen-bond donors (Lipinski definition) is 2. The first-order valence-corrected chi connectivity index (χ1v) is 9.90. The van der Waals surface area contributed by atoms with Crippen LogP contribution in [0.1, 0.15) is 0 Å². The van der Waals surface area contributed by atoms with Crippen molar-refractivity contribution in [2.75, 3.05) is 51.3 Å². The number of thiazole rings is 1. The molecule has 1 aliphatic rings. The largest absolute Gasteiger partial charge is 1.00 e. The van der Waals surface area contributed by atoms with E-state index in [1.54, 1.807) is 0 Å². The van der Waals surface area contributed by atoms with Crippen molar-refractivity contribution < 1.29 is 21.9 Å². The Bertz CT molecular complexity index is 692. The van der Waals surface area contributed by atoms with Gasteiger partial charge in [-0.15, -0.1) is 11.3 Å². The zero-order valence-electron chi connectivity index (χ0n) is 14.2. The molecule has 0 atom stereocenters. The van der Waals surface area contributed by atoms with Crippen LogP contribution in [0.25, 0.3) is 11.3 Å². The first-order chi connectivity index (χ1) is 12.2. The van der Waals surface area contributed by atoms with E-state index in [2.05, 4.69) is 36.4 Å². The van der Waals surface area contributed by atoms with Crippen molar-refractivity contribution in [1.82, 2.24) is 15.2 Å². The Morgan fingerprint density at radius 3 is 2.73 bits per heavy atom. The lowest BCUT2D eigenvalue weighted by Gasteiger charge is -2.26. The van der Waals surface area contributed by atoms with Crippen LogP contribution in [-0.2, 0) is 9.53 Å². The topological polar surface area (TPSA) is 66.5 Å². The molecule has 0 unspecified atom stereocenters. The lowest BCUT2D eigenvalue weighted by Crippen LogP contribution is -3.00. The van der Waals surface area contributed by atoms with Gasteiger partial charge >= 0.3 is 0 Å². The van der Waals surface area contributed by atoms with Crippen LogP contribution in [0.4, 0.5) is 5.13 Å². The van der Waals surface area contributed by atoms with Gasteiger partial charge in [0.05, 0.1) is 25.5 Å². The van der Waals surface area contributed by atoms with E-state index in [9.17, 15) is 4.79 Å². The number of rotatable bonds is 7. The van der Waals surface area contributed by atoms with Gasteiger partial charge in [-0.2, -0.15) is 0 Å². The molecule has 2 aromatic rings. The van der Waals surface area contributed by atoms with E-state index in [0.29, 0.717) is 5.13 Å². The van der Waals surface area contributed by atoms with E-state index >= 15 is 0 Å². The maximum Gasteiger partial charge on any atom is 0.240 e. The minimum Gasteiger partial charge on any atom is -1.00 e. The average molecular weight is 461 g/mol. The molecule has 9 heteroatoms. The summed E-state index contributed by atoms with van der Waals surface area (Å²) in [6.45, 7) is 5.53. The lowest BCUT2D eigenvalue weighted by molar-refractivity contribution is -0.115. The first-order valence-electron chi connectivity index (χ1n) is 8.23. The highest BCUT2D eigenvalue weighted by Gasteiger charge is 2.10. The molecule has 1 aromatic heterocycles. The summed E-state index contributed by atoms with van der Waals surface area (Å²) in [4.78, 5) is 18.8. The zero-order chi connectivity index (χ0) is 17.5. The summed E-state index contributed by atoms with van der Waals surface area (Å²) in [5, 5.41) is 8.59. The summed E-state index contributed by atoms with van der Waals surface area (Å²) in [7, 11) is 0. The Labute approximate surface area is 171 Å². The number of ether oxygens (including phenoxy) is 1. The monoisotopic (exact) mass is 459 g/mol. The molecule has 0 saturated carbocycles. The Balaban J connectivity index is 0.00000243. The highest BCUT2D eigenvalue weighted by Crippen LogP contribution is 2.25. The number of carbonyl (C=O) groups is 1. The molecule has 0 aliphatic carbocycles. The maximum absolute atomic E-state index is 12.0. The van der Waals surface area contributed by atoms with Crippen molar-refractivity contribution in [3.8, 4) is 11.3 Å². The molecule has 1 fully saturated rings. The molecule has 0 spiro atoms. The van der Waals surface area contributed by atoms with Crippen LogP contribution in [0.2, 0.25) is 0 Å². The van der Waals surface area contributed by atoms with E-state index in [4.69, 9.17) is 4.74 Å². The van der Waals surface area contributed by atoms with Crippen molar-refractivity contribution in [2.24, 2.45) is 0 Å². The van der Waals surface area contributed by atoms with E-state index in [0.717, 1.165) is 55.1 Å². The van der Waals surface area contributed by atoms with Gasteiger partial charge in [-0.1, -0.05) is 28.1 Å². The predicted octanol–water partition coefficient (Wildman–Crippen LogP) is -0.563. The molecule has 0 radical (unpaired) electrons. The van der Waals surface area contributed by atoms with Crippen LogP contribution in [0.5, 0.6) is 0 Å². The maximum atomic E-state index is 12.0. The van der Waals surface area contributed by atoms with Crippen LogP contribution < -0.4 is 23.0 Å². The summed E-state index contributed by atoms with van der Waals surface area (Å²) in [5.41, 5.74) is 1.90.